The van der Waals surface area contributed by atoms with Crippen LogP contribution in [0, 0.1) is 0 Å². The van der Waals surface area contributed by atoms with Crippen LogP contribution in [0.1, 0.15) is 0 Å². The van der Waals surface area contributed by atoms with Crippen LogP contribution in [0.2, 0.25) is 0 Å². The number of carbonyl (C=O) groups is 1. The Morgan fingerprint density at radius 3 is 1.47 bits per heavy atom. The van der Waals surface area contributed by atoms with Crippen LogP contribution in [-0.2, 0) is 4.79 Å². The molecule has 0 unspecified atom stereocenters. The fourth-order valence-corrected chi connectivity index (χ4v) is 0.618. The van der Waals surface area contributed by atoms with Crippen LogP contribution in [0.15, 0.2) is 0 Å². The van der Waals surface area contributed by atoms with Crippen molar-refractivity contribution >= 4 is 122 Å². The Balaban J connectivity index is -0.0000000605. The Bertz CT molecular complexity index is 158. The number of aldehydes is 1. The molecule has 0 spiro atoms. The molecule has 0 aliphatic carbocycles. The molecule has 0 aliphatic heterocycles. The van der Waals surface area contributed by atoms with Gasteiger partial charge in [-0.2, -0.15) is 0 Å². The van der Waals surface area contributed by atoms with E-state index in [4.69, 9.17) is 25.5 Å². The molecule has 0 heterocycles. The minimum atomic E-state index is -1.79. The topological polar surface area (TPSA) is 118 Å². The first-order chi connectivity index (χ1) is 5.54. The zero-order valence-corrected chi connectivity index (χ0v) is 6.24. The van der Waals surface area contributed by atoms with Crippen LogP contribution in [-0.4, -0.2) is 179 Å². The van der Waals surface area contributed by atoms with Crippen molar-refractivity contribution in [2.24, 2.45) is 0 Å². The monoisotopic (exact) mass is 252 g/mol. The summed E-state index contributed by atoms with van der Waals surface area (Å²) in [5, 5.41) is 43.5. The molecule has 0 fully saturated rings. The zero-order valence-electron chi connectivity index (χ0n) is 6.24. The van der Waals surface area contributed by atoms with E-state index < -0.39 is 31.0 Å². The van der Waals surface area contributed by atoms with Gasteiger partial charge >= 0.3 is 116 Å². The van der Waals surface area contributed by atoms with E-state index in [1.807, 2.05) is 0 Å². The molecule has 11 heteroatoms. The molecular formula is C6H17Li3Na2O6. The van der Waals surface area contributed by atoms with Crippen molar-refractivity contribution < 1.29 is 30.3 Å². The molecule has 0 aromatic carbocycles. The Kier molecular flexibility index (Phi) is 46.9. The van der Waals surface area contributed by atoms with Gasteiger partial charge in [-0.25, -0.2) is 0 Å². The molecule has 0 rings (SSSR count). The van der Waals surface area contributed by atoms with Gasteiger partial charge in [-0.3, -0.25) is 0 Å². The van der Waals surface area contributed by atoms with Crippen LogP contribution in [0.3, 0.4) is 0 Å². The average Bonchev–Trinajstić information content (AvgIpc) is 2.12. The molecule has 5 N–H and O–H groups in total. The summed E-state index contributed by atoms with van der Waals surface area (Å²) >= 11 is 0. The van der Waals surface area contributed by atoms with Gasteiger partial charge in [0.15, 0.2) is 6.29 Å². The summed E-state index contributed by atoms with van der Waals surface area (Å²) in [5.74, 6) is 0. The molecule has 0 bridgehead atoms. The van der Waals surface area contributed by atoms with Gasteiger partial charge in [-0.15, -0.1) is 0 Å². The Morgan fingerprint density at radius 2 is 1.24 bits per heavy atom. The van der Waals surface area contributed by atoms with Crippen molar-refractivity contribution in [2.75, 3.05) is 6.61 Å². The van der Waals surface area contributed by atoms with Crippen molar-refractivity contribution in [3.05, 3.63) is 0 Å². The average molecular weight is 252 g/mol. The van der Waals surface area contributed by atoms with Gasteiger partial charge in [0.05, 0.1) is 6.61 Å². The molecule has 6 nitrogen and oxygen atoms in total. The number of aliphatic hydroxyl groups is 5. The quantitative estimate of drug-likeness (QED) is 0.245. The normalized spacial score (nSPS) is 14.9. The maximum absolute atomic E-state index is 9.90. The van der Waals surface area contributed by atoms with Crippen molar-refractivity contribution in [3.63, 3.8) is 0 Å². The van der Waals surface area contributed by atoms with E-state index in [0.29, 0.717) is 0 Å². The summed E-state index contributed by atoms with van der Waals surface area (Å²) in [4.78, 5) is 9.90. The second-order valence-corrected chi connectivity index (χ2v) is 2.36. The summed E-state index contributed by atoms with van der Waals surface area (Å²) in [6.07, 6.45) is -6.84. The van der Waals surface area contributed by atoms with Gasteiger partial charge in [0.2, 0.25) is 0 Å². The first-order valence-corrected chi connectivity index (χ1v) is 3.33. The molecular weight excluding hydrogens is 235 g/mol. The van der Waals surface area contributed by atoms with Crippen LogP contribution >= 0.6 is 0 Å². The summed E-state index contributed by atoms with van der Waals surface area (Å²) in [7, 11) is 0. The third-order valence-corrected chi connectivity index (χ3v) is 1.42. The summed E-state index contributed by atoms with van der Waals surface area (Å²) in [5.41, 5.74) is 0. The van der Waals surface area contributed by atoms with E-state index in [0.717, 1.165) is 0 Å². The predicted octanol–water partition coefficient (Wildman–Crippen LogP) is -6.62. The molecule has 0 aliphatic rings. The molecule has 0 radical (unpaired) electrons. The van der Waals surface area contributed by atoms with E-state index in [-0.39, 0.29) is 122 Å². The molecule has 0 aromatic rings. The SMILES string of the molecule is O=C[C@H](O)[C@@H](O)[C@H](O)[C@H](O)CO.[LiH].[LiH].[LiH].[NaH].[NaH]. The fourth-order valence-electron chi connectivity index (χ4n) is 0.618. The van der Waals surface area contributed by atoms with E-state index in [1.165, 1.54) is 0 Å². The van der Waals surface area contributed by atoms with Crippen molar-refractivity contribution in [1.29, 1.82) is 0 Å². The third kappa shape index (κ3) is 15.5. The van der Waals surface area contributed by atoms with E-state index in [1.54, 1.807) is 0 Å². The van der Waals surface area contributed by atoms with E-state index in [9.17, 15) is 4.79 Å². The van der Waals surface area contributed by atoms with E-state index in [2.05, 4.69) is 0 Å². The van der Waals surface area contributed by atoms with Crippen molar-refractivity contribution in [2.45, 2.75) is 24.4 Å². The summed E-state index contributed by atoms with van der Waals surface area (Å²) in [6.45, 7) is -0.760. The predicted molar refractivity (Wildman–Crippen MR) is 72.9 cm³/mol. The Morgan fingerprint density at radius 1 is 0.882 bits per heavy atom. The molecule has 0 saturated carbocycles. The zero-order chi connectivity index (χ0) is 9.72. The molecule has 0 amide bonds. The molecule has 4 atom stereocenters. The number of carbonyl (C=O) groups excluding carboxylic acids is 1. The number of hydrogen-bond acceptors (Lipinski definition) is 6. The van der Waals surface area contributed by atoms with Crippen molar-refractivity contribution in [1.82, 2.24) is 0 Å². The first-order valence-electron chi connectivity index (χ1n) is 3.33. The maximum atomic E-state index is 9.90. The van der Waals surface area contributed by atoms with Gasteiger partial charge in [0.1, 0.15) is 24.4 Å². The number of hydrogen-bond donors (Lipinski definition) is 5. The third-order valence-electron chi connectivity index (χ3n) is 1.42. The Hall–Kier alpha value is 3.26. The van der Waals surface area contributed by atoms with Gasteiger partial charge in [0.25, 0.3) is 0 Å². The number of rotatable bonds is 5. The summed E-state index contributed by atoms with van der Waals surface area (Å²) < 4.78 is 0. The summed E-state index contributed by atoms with van der Waals surface area (Å²) in [6, 6.07) is 0. The van der Waals surface area contributed by atoms with Crippen LogP contribution < -0.4 is 0 Å². The van der Waals surface area contributed by atoms with Crippen molar-refractivity contribution in [3.8, 4) is 0 Å². The first kappa shape index (κ1) is 37.0. The van der Waals surface area contributed by atoms with Gasteiger partial charge in [-0.1, -0.05) is 0 Å². The molecule has 82 valence electrons. The van der Waals surface area contributed by atoms with Gasteiger partial charge in [-0.05, 0) is 0 Å². The minimum absolute atomic E-state index is 0. The van der Waals surface area contributed by atoms with Crippen LogP contribution in [0.5, 0.6) is 0 Å². The van der Waals surface area contributed by atoms with Gasteiger partial charge in [0, 0.05) is 0 Å². The van der Waals surface area contributed by atoms with Crippen LogP contribution in [0.25, 0.3) is 0 Å². The van der Waals surface area contributed by atoms with Gasteiger partial charge < -0.3 is 30.3 Å². The standard InChI is InChI=1S/C6H12O6.3Li.2Na.5H/c7-1-3(9)5(11)6(12)4(10)2-8;;;;;;;;;;/h1,3-6,8-12H,2H2;;;;;;;;;;/t3-,4+,5+,6+;;;;;;;;;;/m0........../s1. The molecule has 0 saturated heterocycles. The second kappa shape index (κ2) is 21.6. The molecule has 0 aromatic heterocycles. The fraction of sp³-hybridized carbons (Fsp3) is 0.833. The van der Waals surface area contributed by atoms with Crippen LogP contribution in [0.4, 0.5) is 0 Å². The second-order valence-electron chi connectivity index (χ2n) is 2.36. The molecule has 17 heavy (non-hydrogen) atoms. The Labute approximate surface area is 180 Å². The number of aliphatic hydroxyl groups excluding tert-OH is 5. The van der Waals surface area contributed by atoms with E-state index >= 15 is 0 Å².